The highest BCUT2D eigenvalue weighted by Gasteiger charge is 2.33. The molecule has 0 aromatic heterocycles. The minimum atomic E-state index is -0.721. The molecule has 2 aliphatic rings. The van der Waals surface area contributed by atoms with Gasteiger partial charge in [0.15, 0.2) is 6.61 Å². The molecule has 5 amide bonds. The highest BCUT2D eigenvalue weighted by Crippen LogP contribution is 2.24. The maximum Gasteiger partial charge on any atom is 0.338 e. The molecule has 0 bridgehead atoms. The number of rotatable bonds is 6. The van der Waals surface area contributed by atoms with Gasteiger partial charge in [-0.15, -0.1) is 0 Å². The fourth-order valence-corrected chi connectivity index (χ4v) is 3.58. The van der Waals surface area contributed by atoms with Gasteiger partial charge in [-0.3, -0.25) is 33.8 Å². The molecule has 2 aliphatic heterocycles. The lowest BCUT2D eigenvalue weighted by Gasteiger charge is -2.13. The van der Waals surface area contributed by atoms with E-state index in [9.17, 15) is 28.8 Å². The summed E-state index contributed by atoms with van der Waals surface area (Å²) in [5.41, 5.74) is 1.63. The van der Waals surface area contributed by atoms with Crippen LogP contribution in [-0.2, 0) is 25.7 Å². The average molecular weight is 449 g/mol. The van der Waals surface area contributed by atoms with Crippen molar-refractivity contribution in [1.82, 2.24) is 9.80 Å². The molecule has 10 nitrogen and oxygen atoms in total. The van der Waals surface area contributed by atoms with E-state index in [1.807, 2.05) is 0 Å². The Bertz CT molecular complexity index is 1190. The number of nitrogens with zero attached hydrogens (tertiary/aromatic N) is 2. The predicted octanol–water partition coefficient (Wildman–Crippen LogP) is 1.36. The van der Waals surface area contributed by atoms with E-state index in [4.69, 9.17) is 4.74 Å². The first-order valence-electron chi connectivity index (χ1n) is 10.1. The number of nitrogens with one attached hydrogen (secondary N) is 1. The van der Waals surface area contributed by atoms with Crippen molar-refractivity contribution in [3.63, 3.8) is 0 Å². The van der Waals surface area contributed by atoms with E-state index in [-0.39, 0.29) is 47.9 Å². The third kappa shape index (κ3) is 4.36. The summed E-state index contributed by atoms with van der Waals surface area (Å²) in [7, 11) is 1.38. The zero-order valence-electron chi connectivity index (χ0n) is 17.6. The molecule has 1 saturated heterocycles. The number of esters is 1. The summed E-state index contributed by atoms with van der Waals surface area (Å²) >= 11 is 0. The monoisotopic (exact) mass is 449 g/mol. The van der Waals surface area contributed by atoms with Gasteiger partial charge in [0.25, 0.3) is 17.7 Å². The number of hydrogen-bond acceptors (Lipinski definition) is 7. The number of carbonyl (C=O) groups is 6. The molecule has 0 saturated carbocycles. The molecule has 168 valence electrons. The predicted molar refractivity (Wildman–Crippen MR) is 113 cm³/mol. The van der Waals surface area contributed by atoms with E-state index in [1.54, 1.807) is 12.1 Å². The summed E-state index contributed by atoms with van der Waals surface area (Å²) in [6.07, 6.45) is 0.421. The zero-order valence-corrected chi connectivity index (χ0v) is 17.6. The lowest BCUT2D eigenvalue weighted by atomic mass is 10.1. The maximum absolute atomic E-state index is 12.2. The quantitative estimate of drug-likeness (QED) is 0.520. The zero-order chi connectivity index (χ0) is 23.7. The van der Waals surface area contributed by atoms with Crippen LogP contribution in [0.25, 0.3) is 0 Å². The van der Waals surface area contributed by atoms with Gasteiger partial charge in [0.2, 0.25) is 11.8 Å². The Kier molecular flexibility index (Phi) is 5.74. The first-order chi connectivity index (χ1) is 15.7. The molecule has 2 heterocycles. The van der Waals surface area contributed by atoms with Gasteiger partial charge in [0, 0.05) is 25.6 Å². The fraction of sp³-hybridized carbons (Fsp3) is 0.217. The highest BCUT2D eigenvalue weighted by atomic mass is 16.5. The normalized spacial score (nSPS) is 15.2. The van der Waals surface area contributed by atoms with E-state index >= 15 is 0 Å². The van der Waals surface area contributed by atoms with Crippen molar-refractivity contribution in [2.75, 3.05) is 19.0 Å². The van der Waals surface area contributed by atoms with Crippen molar-refractivity contribution >= 4 is 41.2 Å². The van der Waals surface area contributed by atoms with E-state index in [0.29, 0.717) is 11.3 Å². The fourth-order valence-electron chi connectivity index (χ4n) is 3.58. The van der Waals surface area contributed by atoms with Gasteiger partial charge in [0.05, 0.1) is 23.2 Å². The maximum atomic E-state index is 12.2. The Balaban J connectivity index is 1.30. The first kappa shape index (κ1) is 21.9. The molecule has 4 rings (SSSR count). The number of likely N-dealkylation sites (tertiary alicyclic amines) is 1. The van der Waals surface area contributed by atoms with E-state index in [2.05, 4.69) is 5.32 Å². The third-order valence-corrected chi connectivity index (χ3v) is 5.39. The standard InChI is InChI=1S/C23H19N3O7/c1-25-21(30)16-7-6-15(10-17(16)22(25)31)24-18(27)12-33-23(32)14-4-2-13(3-5-14)11-26-19(28)8-9-20(26)29/h2-7,10H,8-9,11-12H2,1H3,(H,24,27). The number of imide groups is 2. The van der Waals surface area contributed by atoms with E-state index < -0.39 is 30.3 Å². The summed E-state index contributed by atoms with van der Waals surface area (Å²) in [5.74, 6) is -2.65. The molecule has 1 N–H and O–H groups in total. The molecule has 0 unspecified atom stereocenters. The smallest absolute Gasteiger partial charge is 0.338 e. The molecule has 2 aromatic rings. The van der Waals surface area contributed by atoms with Crippen LogP contribution in [0.15, 0.2) is 42.5 Å². The molecular weight excluding hydrogens is 430 g/mol. The lowest BCUT2D eigenvalue weighted by Crippen LogP contribution is -2.28. The number of hydrogen-bond donors (Lipinski definition) is 1. The number of benzene rings is 2. The van der Waals surface area contributed by atoms with Crippen molar-refractivity contribution in [3.05, 3.63) is 64.7 Å². The minimum absolute atomic E-state index is 0.139. The number of anilines is 1. The Morgan fingerprint density at radius 2 is 1.55 bits per heavy atom. The molecule has 0 spiro atoms. The average Bonchev–Trinajstić information content (AvgIpc) is 3.23. The van der Waals surface area contributed by atoms with Crippen LogP contribution < -0.4 is 5.32 Å². The first-order valence-corrected chi connectivity index (χ1v) is 10.1. The summed E-state index contributed by atoms with van der Waals surface area (Å²) in [5, 5.41) is 2.52. The van der Waals surface area contributed by atoms with Crippen LogP contribution in [0.1, 0.15) is 49.5 Å². The Morgan fingerprint density at radius 3 is 2.21 bits per heavy atom. The number of carbonyl (C=O) groups excluding carboxylic acids is 6. The molecule has 1 fully saturated rings. The van der Waals surface area contributed by atoms with Gasteiger partial charge in [-0.2, -0.15) is 0 Å². The number of amides is 5. The molecule has 2 aromatic carbocycles. The van der Waals surface area contributed by atoms with Crippen LogP contribution in [0, 0.1) is 0 Å². The summed E-state index contributed by atoms with van der Waals surface area (Å²) < 4.78 is 5.02. The van der Waals surface area contributed by atoms with Gasteiger partial charge in [-0.1, -0.05) is 12.1 Å². The largest absolute Gasteiger partial charge is 0.452 e. The molecule has 0 aliphatic carbocycles. The molecule has 10 heteroatoms. The molecule has 0 radical (unpaired) electrons. The van der Waals surface area contributed by atoms with Crippen LogP contribution in [-0.4, -0.2) is 59.0 Å². The van der Waals surface area contributed by atoms with Crippen LogP contribution in [0.3, 0.4) is 0 Å². The Hall–Kier alpha value is -4.34. The van der Waals surface area contributed by atoms with Gasteiger partial charge < -0.3 is 10.1 Å². The summed E-state index contributed by atoms with van der Waals surface area (Å²) in [6, 6.07) is 10.5. The number of ether oxygens (including phenoxy) is 1. The van der Waals surface area contributed by atoms with Crippen molar-refractivity contribution in [1.29, 1.82) is 0 Å². The van der Waals surface area contributed by atoms with Crippen molar-refractivity contribution in [3.8, 4) is 0 Å². The van der Waals surface area contributed by atoms with Gasteiger partial charge >= 0.3 is 5.97 Å². The molecule has 33 heavy (non-hydrogen) atoms. The third-order valence-electron chi connectivity index (χ3n) is 5.39. The van der Waals surface area contributed by atoms with Crippen molar-refractivity contribution in [2.45, 2.75) is 19.4 Å². The second kappa shape index (κ2) is 8.65. The van der Waals surface area contributed by atoms with Crippen LogP contribution in [0.2, 0.25) is 0 Å². The topological polar surface area (TPSA) is 130 Å². The van der Waals surface area contributed by atoms with Gasteiger partial charge in [-0.05, 0) is 35.9 Å². The minimum Gasteiger partial charge on any atom is -0.452 e. The summed E-state index contributed by atoms with van der Waals surface area (Å²) in [6.45, 7) is -0.415. The van der Waals surface area contributed by atoms with Gasteiger partial charge in [0.1, 0.15) is 0 Å². The van der Waals surface area contributed by atoms with Crippen molar-refractivity contribution < 1.29 is 33.5 Å². The Labute approximate surface area is 188 Å². The highest BCUT2D eigenvalue weighted by molar-refractivity contribution is 6.21. The van der Waals surface area contributed by atoms with E-state index in [1.165, 1.54) is 42.3 Å². The van der Waals surface area contributed by atoms with Crippen molar-refractivity contribution in [2.24, 2.45) is 0 Å². The van der Waals surface area contributed by atoms with Gasteiger partial charge in [-0.25, -0.2) is 4.79 Å². The van der Waals surface area contributed by atoms with E-state index in [0.717, 1.165) is 4.90 Å². The second-order valence-electron chi connectivity index (χ2n) is 7.62. The Morgan fingerprint density at radius 1 is 0.909 bits per heavy atom. The molecule has 0 atom stereocenters. The van der Waals surface area contributed by atoms with Crippen LogP contribution >= 0.6 is 0 Å². The second-order valence-corrected chi connectivity index (χ2v) is 7.62. The lowest BCUT2D eigenvalue weighted by molar-refractivity contribution is -0.139. The van der Waals surface area contributed by atoms with Crippen LogP contribution in [0.4, 0.5) is 5.69 Å². The SMILES string of the molecule is CN1C(=O)c2ccc(NC(=O)COC(=O)c3ccc(CN4C(=O)CCC4=O)cc3)cc2C1=O. The summed E-state index contributed by atoms with van der Waals surface area (Å²) in [4.78, 5) is 73.9. The number of fused-ring (bicyclic) bond motifs is 1. The molecular formula is C23H19N3O7. The van der Waals surface area contributed by atoms with Crippen LogP contribution in [0.5, 0.6) is 0 Å².